The van der Waals surface area contributed by atoms with E-state index < -0.39 is 0 Å². The maximum Gasteiger partial charge on any atom is 0.256 e. The number of carbonyl (C=O) groups is 1. The van der Waals surface area contributed by atoms with Crippen LogP contribution in [0.5, 0.6) is 0 Å². The lowest BCUT2D eigenvalue weighted by Gasteiger charge is -2.31. The SMILES string of the molecule is Cc1ccc(NC(=O)c2ccc3c(ccn3C)c2)nc1N1CCC(O)CC1. The normalized spacial score (nSPS) is 15.3. The van der Waals surface area contributed by atoms with Crippen molar-refractivity contribution in [3.63, 3.8) is 0 Å². The van der Waals surface area contributed by atoms with Crippen molar-refractivity contribution < 1.29 is 9.90 Å². The number of piperidine rings is 1. The van der Waals surface area contributed by atoms with E-state index in [1.54, 1.807) is 0 Å². The van der Waals surface area contributed by atoms with Crippen molar-refractivity contribution >= 4 is 28.4 Å². The second-order valence-corrected chi connectivity index (χ2v) is 7.21. The molecule has 1 aliphatic heterocycles. The summed E-state index contributed by atoms with van der Waals surface area (Å²) in [6.07, 6.45) is 3.25. The van der Waals surface area contributed by atoms with Gasteiger partial charge in [0, 0.05) is 42.8 Å². The van der Waals surface area contributed by atoms with Crippen LogP contribution in [0.3, 0.4) is 0 Å². The minimum absolute atomic E-state index is 0.169. The molecule has 2 N–H and O–H groups in total. The van der Waals surface area contributed by atoms with Gasteiger partial charge in [-0.3, -0.25) is 4.79 Å². The van der Waals surface area contributed by atoms with Crippen LogP contribution in [-0.2, 0) is 7.05 Å². The molecule has 4 rings (SSSR count). The Labute approximate surface area is 158 Å². The molecule has 0 spiro atoms. The number of nitrogens with one attached hydrogen (secondary N) is 1. The zero-order valence-corrected chi connectivity index (χ0v) is 15.6. The van der Waals surface area contributed by atoms with Gasteiger partial charge in [0.2, 0.25) is 0 Å². The molecule has 1 saturated heterocycles. The van der Waals surface area contributed by atoms with Crippen molar-refractivity contribution in [2.24, 2.45) is 7.05 Å². The standard InChI is InChI=1S/C21H24N4O2/c1-14-3-6-19(22-20(14)25-11-8-17(26)9-12-25)23-21(27)16-4-5-18-15(13-16)7-10-24(18)2/h3-7,10,13,17,26H,8-9,11-12H2,1-2H3,(H,22,23,27). The molecule has 3 aromatic rings. The zero-order chi connectivity index (χ0) is 19.0. The first-order chi connectivity index (χ1) is 13.0. The van der Waals surface area contributed by atoms with Gasteiger partial charge in [0.05, 0.1) is 6.10 Å². The fourth-order valence-electron chi connectivity index (χ4n) is 3.60. The molecule has 6 heteroatoms. The molecule has 0 bridgehead atoms. The van der Waals surface area contributed by atoms with E-state index in [2.05, 4.69) is 15.2 Å². The summed E-state index contributed by atoms with van der Waals surface area (Å²) in [5.41, 5.74) is 2.77. The van der Waals surface area contributed by atoms with E-state index >= 15 is 0 Å². The lowest BCUT2D eigenvalue weighted by atomic mass is 10.1. The van der Waals surface area contributed by atoms with Crippen LogP contribution in [0.15, 0.2) is 42.6 Å². The number of anilines is 2. The van der Waals surface area contributed by atoms with Crippen molar-refractivity contribution in [3.8, 4) is 0 Å². The van der Waals surface area contributed by atoms with Gasteiger partial charge in [-0.25, -0.2) is 4.98 Å². The largest absolute Gasteiger partial charge is 0.393 e. The van der Waals surface area contributed by atoms with Crippen molar-refractivity contribution in [1.82, 2.24) is 9.55 Å². The molecule has 2 aromatic heterocycles. The summed E-state index contributed by atoms with van der Waals surface area (Å²) in [7, 11) is 1.99. The van der Waals surface area contributed by atoms with E-state index in [4.69, 9.17) is 0 Å². The van der Waals surface area contributed by atoms with Crippen LogP contribution >= 0.6 is 0 Å². The van der Waals surface area contributed by atoms with E-state index in [1.807, 2.05) is 61.1 Å². The fourth-order valence-corrected chi connectivity index (χ4v) is 3.60. The van der Waals surface area contributed by atoms with E-state index in [0.717, 1.165) is 48.2 Å². The number of nitrogens with zero attached hydrogens (tertiary/aromatic N) is 3. The monoisotopic (exact) mass is 364 g/mol. The van der Waals surface area contributed by atoms with Gasteiger partial charge < -0.3 is 19.9 Å². The quantitative estimate of drug-likeness (QED) is 0.749. The molecule has 1 fully saturated rings. The van der Waals surface area contributed by atoms with Crippen LogP contribution in [-0.4, -0.2) is 39.8 Å². The van der Waals surface area contributed by atoms with Crippen molar-refractivity contribution in [2.45, 2.75) is 25.9 Å². The van der Waals surface area contributed by atoms with Gasteiger partial charge in [-0.2, -0.15) is 0 Å². The molecule has 140 valence electrons. The van der Waals surface area contributed by atoms with Gasteiger partial charge in [-0.15, -0.1) is 0 Å². The van der Waals surface area contributed by atoms with Crippen LogP contribution < -0.4 is 10.2 Å². The predicted molar refractivity (Wildman–Crippen MR) is 107 cm³/mol. The highest BCUT2D eigenvalue weighted by atomic mass is 16.3. The highest BCUT2D eigenvalue weighted by Crippen LogP contribution is 2.24. The third-order valence-corrected chi connectivity index (χ3v) is 5.22. The van der Waals surface area contributed by atoms with Crippen LogP contribution in [0.25, 0.3) is 10.9 Å². The molecule has 3 heterocycles. The van der Waals surface area contributed by atoms with E-state index in [1.165, 1.54) is 0 Å². The van der Waals surface area contributed by atoms with Gasteiger partial charge in [-0.1, -0.05) is 6.07 Å². The Balaban J connectivity index is 1.54. The zero-order valence-electron chi connectivity index (χ0n) is 15.6. The van der Waals surface area contributed by atoms with E-state index in [-0.39, 0.29) is 12.0 Å². The summed E-state index contributed by atoms with van der Waals surface area (Å²) >= 11 is 0. The summed E-state index contributed by atoms with van der Waals surface area (Å²) < 4.78 is 2.03. The smallest absolute Gasteiger partial charge is 0.256 e. The van der Waals surface area contributed by atoms with Crippen LogP contribution in [0.1, 0.15) is 28.8 Å². The molecule has 6 nitrogen and oxygen atoms in total. The average Bonchev–Trinajstić information content (AvgIpc) is 3.04. The Morgan fingerprint density at radius 3 is 2.74 bits per heavy atom. The maximum atomic E-state index is 12.7. The Morgan fingerprint density at radius 1 is 1.19 bits per heavy atom. The number of aliphatic hydroxyl groups excluding tert-OH is 1. The predicted octanol–water partition coefficient (Wildman–Crippen LogP) is 3.10. The molecule has 1 amide bonds. The topological polar surface area (TPSA) is 70.4 Å². The summed E-state index contributed by atoms with van der Waals surface area (Å²) in [6.45, 7) is 3.57. The van der Waals surface area contributed by atoms with Gasteiger partial charge >= 0.3 is 0 Å². The number of rotatable bonds is 3. The molecule has 0 atom stereocenters. The van der Waals surface area contributed by atoms with Crippen molar-refractivity contribution in [3.05, 3.63) is 53.7 Å². The van der Waals surface area contributed by atoms with Gasteiger partial charge in [0.25, 0.3) is 5.91 Å². The fraction of sp³-hybridized carbons (Fsp3) is 0.333. The molecule has 0 radical (unpaired) electrons. The number of aromatic nitrogens is 2. The Bertz CT molecular complexity index is 987. The van der Waals surface area contributed by atoms with Crippen molar-refractivity contribution in [1.29, 1.82) is 0 Å². The Hall–Kier alpha value is -2.86. The number of amides is 1. The Kier molecular flexibility index (Phi) is 4.58. The number of aliphatic hydroxyl groups is 1. The second kappa shape index (κ2) is 7.04. The first kappa shape index (κ1) is 17.5. The lowest BCUT2D eigenvalue weighted by molar-refractivity contribution is 0.102. The Morgan fingerprint density at radius 2 is 1.96 bits per heavy atom. The number of aryl methyl sites for hydroxylation is 2. The lowest BCUT2D eigenvalue weighted by Crippen LogP contribution is -2.36. The minimum atomic E-state index is -0.225. The van der Waals surface area contributed by atoms with Crippen LogP contribution in [0, 0.1) is 6.92 Å². The summed E-state index contributed by atoms with van der Waals surface area (Å²) in [5.74, 6) is 1.25. The number of hydrogen-bond donors (Lipinski definition) is 2. The van der Waals surface area contributed by atoms with Gasteiger partial charge in [-0.05, 0) is 55.7 Å². The number of hydrogen-bond acceptors (Lipinski definition) is 4. The first-order valence-electron chi connectivity index (χ1n) is 9.28. The molecule has 27 heavy (non-hydrogen) atoms. The highest BCUT2D eigenvalue weighted by molar-refractivity contribution is 6.06. The minimum Gasteiger partial charge on any atom is -0.393 e. The van der Waals surface area contributed by atoms with Gasteiger partial charge in [0.15, 0.2) is 0 Å². The maximum absolute atomic E-state index is 12.7. The van der Waals surface area contributed by atoms with Crippen LogP contribution in [0.2, 0.25) is 0 Å². The first-order valence-corrected chi connectivity index (χ1v) is 9.28. The van der Waals surface area contributed by atoms with E-state index in [0.29, 0.717) is 11.4 Å². The molecule has 0 unspecified atom stereocenters. The molecule has 0 aliphatic carbocycles. The molecular weight excluding hydrogens is 340 g/mol. The highest BCUT2D eigenvalue weighted by Gasteiger charge is 2.20. The van der Waals surface area contributed by atoms with Crippen molar-refractivity contribution in [2.75, 3.05) is 23.3 Å². The van der Waals surface area contributed by atoms with Gasteiger partial charge in [0.1, 0.15) is 11.6 Å². The molecule has 0 saturated carbocycles. The summed E-state index contributed by atoms with van der Waals surface area (Å²) in [5, 5.41) is 13.7. The molecule has 1 aliphatic rings. The summed E-state index contributed by atoms with van der Waals surface area (Å²) in [4.78, 5) is 19.5. The van der Waals surface area contributed by atoms with E-state index in [9.17, 15) is 9.90 Å². The average molecular weight is 364 g/mol. The number of carbonyl (C=O) groups excluding carboxylic acids is 1. The number of benzene rings is 1. The van der Waals surface area contributed by atoms with Crippen LogP contribution in [0.4, 0.5) is 11.6 Å². The second-order valence-electron chi connectivity index (χ2n) is 7.21. The third-order valence-electron chi connectivity index (χ3n) is 5.22. The number of pyridine rings is 1. The molecule has 1 aromatic carbocycles. The number of fused-ring (bicyclic) bond motifs is 1. The third kappa shape index (κ3) is 3.53. The summed E-state index contributed by atoms with van der Waals surface area (Å²) in [6, 6.07) is 11.5. The molecular formula is C21H24N4O2.